The van der Waals surface area contributed by atoms with Gasteiger partial charge in [0.2, 0.25) is 0 Å². The molecule has 3 aromatic rings. The largest absolute Gasteiger partial charge is 0.497 e. The Morgan fingerprint density at radius 2 is 2.10 bits per heavy atom. The van der Waals surface area contributed by atoms with Gasteiger partial charge in [0.25, 0.3) is 0 Å². The normalized spacial score (nSPS) is 17.4. The molecule has 1 aromatic heterocycles. The Morgan fingerprint density at radius 1 is 1.21 bits per heavy atom. The lowest BCUT2D eigenvalue weighted by Gasteiger charge is -2.41. The molecule has 1 N–H and O–H groups in total. The number of methoxy groups -OCH3 is 1. The fourth-order valence-electron chi connectivity index (χ4n) is 4.27. The molecule has 0 spiro atoms. The van der Waals surface area contributed by atoms with Crippen LogP contribution < -0.4 is 9.64 Å². The summed E-state index contributed by atoms with van der Waals surface area (Å²) >= 11 is 0. The van der Waals surface area contributed by atoms with Gasteiger partial charge < -0.3 is 14.6 Å². The third-order valence-corrected chi connectivity index (χ3v) is 5.96. The molecule has 2 aromatic carbocycles. The molecule has 1 unspecified atom stereocenters. The zero-order valence-corrected chi connectivity index (χ0v) is 17.2. The van der Waals surface area contributed by atoms with Gasteiger partial charge in [-0.3, -0.25) is 4.90 Å². The number of aromatic nitrogens is 1. The van der Waals surface area contributed by atoms with E-state index in [2.05, 4.69) is 64.2 Å². The molecule has 0 aliphatic carbocycles. The number of rotatable bonds is 6. The molecule has 1 atom stereocenters. The second-order valence-corrected chi connectivity index (χ2v) is 7.83. The number of hydrogen-bond acceptors (Lipinski definition) is 4. The van der Waals surface area contributed by atoms with Gasteiger partial charge in [0, 0.05) is 54.5 Å². The standard InChI is InChI=1S/C24H28N4O/c1-18-17-28(21-6-3-7-22(14-21)29-2)12-11-27(18)10-4-5-19-8-9-24-23(13-19)20(15-25)16-26-24/h3,6-9,13-14,16,18,26H,4-5,10-12,17H2,1-2H3. The fraction of sp³-hybridized carbons (Fsp3) is 0.375. The summed E-state index contributed by atoms with van der Waals surface area (Å²) in [5.41, 5.74) is 4.30. The first-order chi connectivity index (χ1) is 14.2. The Balaban J connectivity index is 1.31. The molecule has 1 fully saturated rings. The Kier molecular flexibility index (Phi) is 5.73. The van der Waals surface area contributed by atoms with Crippen LogP contribution in [-0.2, 0) is 6.42 Å². The van der Waals surface area contributed by atoms with E-state index in [-0.39, 0.29) is 0 Å². The zero-order valence-electron chi connectivity index (χ0n) is 17.2. The van der Waals surface area contributed by atoms with Crippen LogP contribution in [0.2, 0.25) is 0 Å². The molecule has 150 valence electrons. The van der Waals surface area contributed by atoms with Crippen LogP contribution in [0.15, 0.2) is 48.7 Å². The van der Waals surface area contributed by atoms with E-state index in [1.807, 2.05) is 6.07 Å². The van der Waals surface area contributed by atoms with Crippen molar-refractivity contribution in [1.82, 2.24) is 9.88 Å². The van der Waals surface area contributed by atoms with Crippen molar-refractivity contribution >= 4 is 16.6 Å². The molecule has 1 aliphatic rings. The number of hydrogen-bond donors (Lipinski definition) is 1. The van der Waals surface area contributed by atoms with Crippen molar-refractivity contribution in [3.8, 4) is 11.8 Å². The summed E-state index contributed by atoms with van der Waals surface area (Å²) in [6.45, 7) is 6.57. The van der Waals surface area contributed by atoms with Crippen LogP contribution >= 0.6 is 0 Å². The number of benzene rings is 2. The Morgan fingerprint density at radius 3 is 2.90 bits per heavy atom. The lowest BCUT2D eigenvalue weighted by molar-refractivity contribution is 0.187. The van der Waals surface area contributed by atoms with Crippen LogP contribution in [0.4, 0.5) is 5.69 Å². The van der Waals surface area contributed by atoms with Crippen molar-refractivity contribution in [2.75, 3.05) is 38.2 Å². The number of ether oxygens (including phenoxy) is 1. The van der Waals surface area contributed by atoms with Gasteiger partial charge in [-0.15, -0.1) is 0 Å². The molecule has 1 saturated heterocycles. The highest BCUT2D eigenvalue weighted by Gasteiger charge is 2.23. The summed E-state index contributed by atoms with van der Waals surface area (Å²) in [7, 11) is 1.72. The molecule has 0 bridgehead atoms. The molecule has 29 heavy (non-hydrogen) atoms. The fourth-order valence-corrected chi connectivity index (χ4v) is 4.27. The Labute approximate surface area is 172 Å². The van der Waals surface area contributed by atoms with E-state index >= 15 is 0 Å². The van der Waals surface area contributed by atoms with Crippen molar-refractivity contribution < 1.29 is 4.74 Å². The van der Waals surface area contributed by atoms with E-state index < -0.39 is 0 Å². The first-order valence-electron chi connectivity index (χ1n) is 10.3. The highest BCUT2D eigenvalue weighted by molar-refractivity contribution is 5.86. The first kappa shape index (κ1) is 19.4. The predicted octanol–water partition coefficient (Wildman–Crippen LogP) is 4.19. The summed E-state index contributed by atoms with van der Waals surface area (Å²) in [5.74, 6) is 0.913. The van der Waals surface area contributed by atoms with Crippen LogP contribution in [0.1, 0.15) is 24.5 Å². The SMILES string of the molecule is COc1cccc(N2CCN(CCCc3ccc4[nH]cc(C#N)c4c3)C(C)C2)c1. The quantitative estimate of drug-likeness (QED) is 0.688. The topological polar surface area (TPSA) is 55.3 Å². The number of aryl methyl sites for hydroxylation is 1. The summed E-state index contributed by atoms with van der Waals surface area (Å²) < 4.78 is 5.37. The maximum absolute atomic E-state index is 9.24. The first-order valence-corrected chi connectivity index (χ1v) is 10.3. The van der Waals surface area contributed by atoms with Crippen LogP contribution in [0.5, 0.6) is 5.75 Å². The average Bonchev–Trinajstić information content (AvgIpc) is 3.17. The Hall–Kier alpha value is -2.97. The summed E-state index contributed by atoms with van der Waals surface area (Å²) in [6, 6.07) is 17.5. The van der Waals surface area contributed by atoms with Gasteiger partial charge in [-0.25, -0.2) is 0 Å². The number of anilines is 1. The van der Waals surface area contributed by atoms with Gasteiger partial charge in [0.05, 0.1) is 12.7 Å². The third kappa shape index (κ3) is 4.23. The van der Waals surface area contributed by atoms with Gasteiger partial charge >= 0.3 is 0 Å². The summed E-state index contributed by atoms with van der Waals surface area (Å²) in [5, 5.41) is 10.3. The minimum Gasteiger partial charge on any atom is -0.497 e. The minimum atomic E-state index is 0.521. The molecule has 5 heteroatoms. The minimum absolute atomic E-state index is 0.521. The molecular formula is C24H28N4O. The van der Waals surface area contributed by atoms with Crippen LogP contribution in [-0.4, -0.2) is 49.2 Å². The molecule has 0 amide bonds. The van der Waals surface area contributed by atoms with E-state index in [0.29, 0.717) is 6.04 Å². The van der Waals surface area contributed by atoms with Crippen molar-refractivity contribution in [2.24, 2.45) is 0 Å². The molecule has 4 rings (SSSR count). The second kappa shape index (κ2) is 8.59. The molecule has 0 saturated carbocycles. The molecule has 2 heterocycles. The number of nitrogens with zero attached hydrogens (tertiary/aromatic N) is 3. The number of H-pyrrole nitrogens is 1. The highest BCUT2D eigenvalue weighted by atomic mass is 16.5. The predicted molar refractivity (Wildman–Crippen MR) is 118 cm³/mol. The zero-order chi connectivity index (χ0) is 20.2. The lowest BCUT2D eigenvalue weighted by Crippen LogP contribution is -2.52. The van der Waals surface area contributed by atoms with Crippen LogP contribution in [0.3, 0.4) is 0 Å². The average molecular weight is 389 g/mol. The van der Waals surface area contributed by atoms with Crippen molar-refractivity contribution in [3.05, 3.63) is 59.8 Å². The maximum atomic E-state index is 9.24. The van der Waals surface area contributed by atoms with Gasteiger partial charge in [-0.2, -0.15) is 5.26 Å². The second-order valence-electron chi connectivity index (χ2n) is 7.83. The van der Waals surface area contributed by atoms with Gasteiger partial charge in [-0.05, 0) is 56.1 Å². The van der Waals surface area contributed by atoms with Crippen molar-refractivity contribution in [2.45, 2.75) is 25.8 Å². The molecule has 5 nitrogen and oxygen atoms in total. The number of fused-ring (bicyclic) bond motifs is 1. The van der Waals surface area contributed by atoms with E-state index in [9.17, 15) is 5.26 Å². The summed E-state index contributed by atoms with van der Waals surface area (Å²) in [6.07, 6.45) is 3.95. The van der Waals surface area contributed by atoms with Gasteiger partial charge in [-0.1, -0.05) is 12.1 Å². The van der Waals surface area contributed by atoms with E-state index in [1.165, 1.54) is 11.3 Å². The van der Waals surface area contributed by atoms with Gasteiger partial charge in [0.15, 0.2) is 0 Å². The lowest BCUT2D eigenvalue weighted by atomic mass is 10.0. The van der Waals surface area contributed by atoms with Crippen molar-refractivity contribution in [1.29, 1.82) is 5.26 Å². The van der Waals surface area contributed by atoms with E-state index in [0.717, 1.165) is 61.2 Å². The maximum Gasteiger partial charge on any atom is 0.120 e. The van der Waals surface area contributed by atoms with Crippen LogP contribution in [0, 0.1) is 11.3 Å². The molecule has 1 aliphatic heterocycles. The number of nitrogens with one attached hydrogen (secondary N) is 1. The molecule has 0 radical (unpaired) electrons. The third-order valence-electron chi connectivity index (χ3n) is 5.96. The van der Waals surface area contributed by atoms with Gasteiger partial charge in [0.1, 0.15) is 11.8 Å². The monoisotopic (exact) mass is 388 g/mol. The van der Waals surface area contributed by atoms with E-state index in [1.54, 1.807) is 13.3 Å². The number of nitriles is 1. The number of aromatic amines is 1. The van der Waals surface area contributed by atoms with Crippen LogP contribution in [0.25, 0.3) is 10.9 Å². The Bertz CT molecular complexity index is 1020. The van der Waals surface area contributed by atoms with Crippen molar-refractivity contribution in [3.63, 3.8) is 0 Å². The summed E-state index contributed by atoms with van der Waals surface area (Å²) in [4.78, 5) is 8.20. The smallest absolute Gasteiger partial charge is 0.120 e. The number of piperazine rings is 1. The van der Waals surface area contributed by atoms with E-state index in [4.69, 9.17) is 4.74 Å². The highest BCUT2D eigenvalue weighted by Crippen LogP contribution is 2.24. The molecular weight excluding hydrogens is 360 g/mol.